The van der Waals surface area contributed by atoms with E-state index in [1.807, 2.05) is 19.1 Å². The maximum atomic E-state index is 13.0. The molecule has 29 heavy (non-hydrogen) atoms. The van der Waals surface area contributed by atoms with Crippen molar-refractivity contribution in [2.45, 2.75) is 18.0 Å². The third-order valence-corrected chi connectivity index (χ3v) is 5.76. The van der Waals surface area contributed by atoms with Crippen LogP contribution >= 0.6 is 11.8 Å². The summed E-state index contributed by atoms with van der Waals surface area (Å²) < 4.78 is 43.7. The molecule has 0 radical (unpaired) electrons. The van der Waals surface area contributed by atoms with Crippen LogP contribution in [0.3, 0.4) is 0 Å². The molecular weight excluding hydrogens is 405 g/mol. The van der Waals surface area contributed by atoms with Crippen molar-refractivity contribution < 1.29 is 13.2 Å². The second-order valence-electron chi connectivity index (χ2n) is 6.60. The molecule has 0 bridgehead atoms. The second kappa shape index (κ2) is 6.61. The van der Waals surface area contributed by atoms with Gasteiger partial charge in [0.25, 0.3) is 0 Å². The number of hydrogen-bond acceptors (Lipinski definition) is 5. The number of aryl methyl sites for hydroxylation is 3. The molecule has 0 unspecified atom stereocenters. The van der Waals surface area contributed by atoms with Crippen LogP contribution in [0.25, 0.3) is 33.6 Å². The van der Waals surface area contributed by atoms with Crippen LogP contribution in [0.4, 0.5) is 13.2 Å². The predicted molar refractivity (Wildman–Crippen MR) is 105 cm³/mol. The van der Waals surface area contributed by atoms with E-state index in [-0.39, 0.29) is 16.9 Å². The minimum atomic E-state index is -4.59. The molecule has 4 aromatic rings. The number of halogens is 3. The summed E-state index contributed by atoms with van der Waals surface area (Å²) in [6.45, 7) is 2.00. The molecule has 0 saturated heterocycles. The molecule has 1 aromatic carbocycles. The van der Waals surface area contributed by atoms with Gasteiger partial charge in [-0.05, 0) is 17.9 Å². The summed E-state index contributed by atoms with van der Waals surface area (Å²) in [7, 11) is 5.06. The highest BCUT2D eigenvalue weighted by molar-refractivity contribution is 7.99. The smallest absolute Gasteiger partial charge is 0.310 e. The third kappa shape index (κ3) is 3.00. The number of fused-ring (bicyclic) bond motifs is 2. The largest absolute Gasteiger partial charge is 0.435 e. The van der Waals surface area contributed by atoms with Crippen molar-refractivity contribution in [3.05, 3.63) is 34.4 Å². The number of benzene rings is 1. The van der Waals surface area contributed by atoms with Crippen molar-refractivity contribution >= 4 is 34.0 Å². The van der Waals surface area contributed by atoms with Crippen molar-refractivity contribution in [2.75, 3.05) is 5.75 Å². The molecule has 152 valence electrons. The standard InChI is InChI=1S/C18H17F3N6OS/c1-5-29-13-8-12-11(25(2)17(28)26(12)3)6-9(13)15-22-10-7-14(18(19,20)21)23-24-16(10)27(15)4/h6-8H,5H2,1-4H3. The quantitative estimate of drug-likeness (QED) is 0.474. The van der Waals surface area contributed by atoms with E-state index < -0.39 is 11.9 Å². The van der Waals surface area contributed by atoms with E-state index in [0.29, 0.717) is 11.3 Å². The predicted octanol–water partition coefficient (Wildman–Crippen LogP) is 3.35. The van der Waals surface area contributed by atoms with Gasteiger partial charge in [0.1, 0.15) is 11.3 Å². The summed E-state index contributed by atoms with van der Waals surface area (Å²) in [6, 6.07) is 4.65. The first-order valence-corrected chi connectivity index (χ1v) is 9.72. The van der Waals surface area contributed by atoms with Crippen LogP contribution in [-0.2, 0) is 27.3 Å². The van der Waals surface area contributed by atoms with Crippen LogP contribution in [0, 0.1) is 0 Å². The average Bonchev–Trinajstić information content (AvgIpc) is 3.10. The van der Waals surface area contributed by atoms with Gasteiger partial charge in [-0.2, -0.15) is 13.2 Å². The fraction of sp³-hybridized carbons (Fsp3) is 0.333. The van der Waals surface area contributed by atoms with Crippen LogP contribution in [0.1, 0.15) is 12.6 Å². The summed E-state index contributed by atoms with van der Waals surface area (Å²) >= 11 is 1.57. The SMILES string of the molecule is CCSc1cc2c(cc1-c1nc3cc(C(F)(F)F)nnc3n1C)n(C)c(=O)n2C. The normalized spacial score (nSPS) is 12.4. The van der Waals surface area contributed by atoms with Crippen LogP contribution in [0.5, 0.6) is 0 Å². The van der Waals surface area contributed by atoms with E-state index in [0.717, 1.165) is 27.8 Å². The Morgan fingerprint density at radius 3 is 2.28 bits per heavy atom. The molecule has 0 spiro atoms. The van der Waals surface area contributed by atoms with E-state index in [2.05, 4.69) is 15.2 Å². The van der Waals surface area contributed by atoms with Gasteiger partial charge in [-0.3, -0.25) is 9.13 Å². The van der Waals surface area contributed by atoms with Gasteiger partial charge in [0.2, 0.25) is 0 Å². The Labute approximate surface area is 167 Å². The number of rotatable bonds is 3. The second-order valence-corrected chi connectivity index (χ2v) is 7.91. The zero-order valence-electron chi connectivity index (χ0n) is 16.1. The fourth-order valence-corrected chi connectivity index (χ4v) is 4.15. The zero-order chi connectivity index (χ0) is 21.1. The van der Waals surface area contributed by atoms with Crippen molar-refractivity contribution in [2.24, 2.45) is 21.1 Å². The lowest BCUT2D eigenvalue weighted by molar-refractivity contribution is -0.141. The number of thioether (sulfide) groups is 1. The Hall–Kier alpha value is -2.82. The van der Waals surface area contributed by atoms with E-state index in [9.17, 15) is 18.0 Å². The lowest BCUT2D eigenvalue weighted by atomic mass is 10.2. The highest BCUT2D eigenvalue weighted by atomic mass is 32.2. The summed E-state index contributed by atoms with van der Waals surface area (Å²) in [5.41, 5.74) is 1.33. The maximum Gasteiger partial charge on any atom is 0.435 e. The molecule has 11 heteroatoms. The number of aromatic nitrogens is 6. The van der Waals surface area contributed by atoms with Gasteiger partial charge in [-0.15, -0.1) is 22.0 Å². The van der Waals surface area contributed by atoms with Gasteiger partial charge in [-0.25, -0.2) is 9.78 Å². The van der Waals surface area contributed by atoms with Gasteiger partial charge < -0.3 is 4.57 Å². The molecule has 0 N–H and O–H groups in total. The molecule has 0 aliphatic carbocycles. The minimum Gasteiger partial charge on any atom is -0.310 e. The van der Waals surface area contributed by atoms with Crippen molar-refractivity contribution in [1.29, 1.82) is 0 Å². The molecule has 0 aliphatic rings. The molecule has 0 fully saturated rings. The van der Waals surface area contributed by atoms with Crippen molar-refractivity contribution in [1.82, 2.24) is 28.9 Å². The van der Waals surface area contributed by atoms with E-state index in [4.69, 9.17) is 0 Å². The van der Waals surface area contributed by atoms with E-state index in [1.165, 1.54) is 4.57 Å². The Kier molecular flexibility index (Phi) is 4.45. The lowest BCUT2D eigenvalue weighted by Crippen LogP contribution is -2.19. The van der Waals surface area contributed by atoms with Crippen LogP contribution in [0.2, 0.25) is 0 Å². The number of alkyl halides is 3. The zero-order valence-corrected chi connectivity index (χ0v) is 16.9. The van der Waals surface area contributed by atoms with Gasteiger partial charge in [0.05, 0.1) is 11.0 Å². The summed E-state index contributed by atoms with van der Waals surface area (Å²) in [4.78, 5) is 17.6. The first-order chi connectivity index (χ1) is 13.6. The summed E-state index contributed by atoms with van der Waals surface area (Å²) in [5, 5.41) is 7.03. The topological polar surface area (TPSA) is 70.5 Å². The van der Waals surface area contributed by atoms with Crippen LogP contribution in [-0.4, -0.2) is 34.6 Å². The van der Waals surface area contributed by atoms with Crippen molar-refractivity contribution in [3.8, 4) is 11.4 Å². The lowest BCUT2D eigenvalue weighted by Gasteiger charge is -2.10. The highest BCUT2D eigenvalue weighted by Gasteiger charge is 2.34. The van der Waals surface area contributed by atoms with E-state index >= 15 is 0 Å². The third-order valence-electron chi connectivity index (χ3n) is 4.82. The van der Waals surface area contributed by atoms with Crippen molar-refractivity contribution in [3.63, 3.8) is 0 Å². The monoisotopic (exact) mass is 422 g/mol. The van der Waals surface area contributed by atoms with E-state index in [1.54, 1.807) is 42.0 Å². The number of nitrogens with zero attached hydrogens (tertiary/aromatic N) is 6. The first kappa shape index (κ1) is 19.5. The van der Waals surface area contributed by atoms with Gasteiger partial charge >= 0.3 is 11.9 Å². The van der Waals surface area contributed by atoms with Gasteiger partial charge in [0, 0.05) is 37.7 Å². The highest BCUT2D eigenvalue weighted by Crippen LogP contribution is 2.36. The molecule has 7 nitrogen and oxygen atoms in total. The Morgan fingerprint density at radius 2 is 1.66 bits per heavy atom. The van der Waals surface area contributed by atoms with Gasteiger partial charge in [-0.1, -0.05) is 6.92 Å². The molecule has 0 atom stereocenters. The average molecular weight is 422 g/mol. The Morgan fingerprint density at radius 1 is 1.00 bits per heavy atom. The summed E-state index contributed by atoms with van der Waals surface area (Å²) in [5.74, 6) is 1.24. The Bertz CT molecular complexity index is 1320. The number of hydrogen-bond donors (Lipinski definition) is 0. The molecule has 3 heterocycles. The van der Waals surface area contributed by atoms with Crippen LogP contribution < -0.4 is 5.69 Å². The molecule has 0 saturated carbocycles. The maximum absolute atomic E-state index is 13.0. The van der Waals surface area contributed by atoms with Crippen LogP contribution in [0.15, 0.2) is 27.9 Å². The molecule has 3 aromatic heterocycles. The molecule has 0 aliphatic heterocycles. The minimum absolute atomic E-state index is 0.110. The fourth-order valence-electron chi connectivity index (χ4n) is 3.34. The van der Waals surface area contributed by atoms with Gasteiger partial charge in [0.15, 0.2) is 11.3 Å². The summed E-state index contributed by atoms with van der Waals surface area (Å²) in [6.07, 6.45) is -4.59. The molecule has 0 amide bonds. The molecule has 4 rings (SSSR count). The number of imidazole rings is 2. The molecular formula is C18H17F3N6OS. The Balaban J connectivity index is 2.01. The first-order valence-electron chi connectivity index (χ1n) is 8.73.